The summed E-state index contributed by atoms with van der Waals surface area (Å²) in [6.45, 7) is 0. The molecule has 0 atom stereocenters. The summed E-state index contributed by atoms with van der Waals surface area (Å²) in [5, 5.41) is 9.87. The van der Waals surface area contributed by atoms with Gasteiger partial charge in [-0.25, -0.2) is 9.98 Å². The summed E-state index contributed by atoms with van der Waals surface area (Å²) >= 11 is 6.62. The maximum absolute atomic E-state index is 9.87. The number of nitrogens with zero attached hydrogens (tertiary/aromatic N) is 2. The monoisotopic (exact) mass is 354 g/mol. The molecule has 3 nitrogen and oxygen atoms in total. The van der Waals surface area contributed by atoms with Crippen molar-refractivity contribution in [1.82, 2.24) is 4.98 Å². The molecule has 0 bridgehead atoms. The number of hydrogen-bond acceptors (Lipinski definition) is 3. The zero-order valence-corrected chi connectivity index (χ0v) is 11.8. The average Bonchev–Trinajstić information content (AvgIpc) is 2.35. The van der Waals surface area contributed by atoms with Crippen LogP contribution in [-0.2, 0) is 0 Å². The van der Waals surface area contributed by atoms with Gasteiger partial charge in [-0.1, -0.05) is 6.07 Å². The van der Waals surface area contributed by atoms with E-state index in [1.807, 2.05) is 18.2 Å². The number of aromatic nitrogens is 1. The summed E-state index contributed by atoms with van der Waals surface area (Å²) in [5.74, 6) is 0.748. The van der Waals surface area contributed by atoms with E-state index >= 15 is 0 Å². The van der Waals surface area contributed by atoms with Gasteiger partial charge in [-0.05, 0) is 56.1 Å². The molecule has 5 heteroatoms. The lowest BCUT2D eigenvalue weighted by atomic mass is 10.2. The highest BCUT2D eigenvalue weighted by Gasteiger charge is 2.07. The molecule has 2 rings (SSSR count). The van der Waals surface area contributed by atoms with Gasteiger partial charge in [-0.3, -0.25) is 0 Å². The number of phenolic OH excluding ortho intramolecular Hbond substituents is 1. The average molecular weight is 356 g/mol. The SMILES string of the molecule is Oc1c(Br)ccc(Br)c1/C=N/c1ccccn1. The topological polar surface area (TPSA) is 45.5 Å². The van der Waals surface area contributed by atoms with Gasteiger partial charge in [-0.15, -0.1) is 0 Å². The quantitative estimate of drug-likeness (QED) is 0.825. The first-order valence-corrected chi connectivity index (χ1v) is 6.39. The summed E-state index contributed by atoms with van der Waals surface area (Å²) < 4.78 is 1.40. The molecule has 0 spiro atoms. The standard InChI is InChI=1S/C12H8Br2N2O/c13-9-4-5-10(14)12(17)8(9)7-16-11-3-1-2-6-15-11/h1-7,17H/b16-7+. The minimum atomic E-state index is 0.152. The third-order valence-electron chi connectivity index (χ3n) is 2.09. The van der Waals surface area contributed by atoms with Crippen LogP contribution < -0.4 is 0 Å². The van der Waals surface area contributed by atoms with Crippen LogP contribution in [-0.4, -0.2) is 16.3 Å². The first kappa shape index (κ1) is 12.3. The number of pyridine rings is 1. The number of phenols is 1. The zero-order chi connectivity index (χ0) is 12.3. The largest absolute Gasteiger partial charge is 0.506 e. The van der Waals surface area contributed by atoms with Crippen LogP contribution >= 0.6 is 31.9 Å². The molecule has 1 aromatic heterocycles. The van der Waals surface area contributed by atoms with E-state index in [-0.39, 0.29) is 5.75 Å². The van der Waals surface area contributed by atoms with Gasteiger partial charge in [0, 0.05) is 16.9 Å². The maximum Gasteiger partial charge on any atom is 0.151 e. The van der Waals surface area contributed by atoms with Gasteiger partial charge in [-0.2, -0.15) is 0 Å². The molecule has 0 saturated carbocycles. The Morgan fingerprint density at radius 1 is 1.12 bits per heavy atom. The molecule has 0 radical (unpaired) electrons. The molecule has 0 unspecified atom stereocenters. The summed E-state index contributed by atoms with van der Waals surface area (Å²) in [4.78, 5) is 8.26. The highest BCUT2D eigenvalue weighted by atomic mass is 79.9. The lowest BCUT2D eigenvalue weighted by molar-refractivity contribution is 0.470. The number of aromatic hydroxyl groups is 1. The van der Waals surface area contributed by atoms with Crippen LogP contribution in [0.3, 0.4) is 0 Å². The molecule has 1 N–H and O–H groups in total. The van der Waals surface area contributed by atoms with E-state index < -0.39 is 0 Å². The summed E-state index contributed by atoms with van der Waals surface area (Å²) in [7, 11) is 0. The molecule has 17 heavy (non-hydrogen) atoms. The van der Waals surface area contributed by atoms with Crippen molar-refractivity contribution in [3.8, 4) is 5.75 Å². The Hall–Kier alpha value is -1.20. The van der Waals surface area contributed by atoms with Crippen LogP contribution in [0.5, 0.6) is 5.75 Å². The van der Waals surface area contributed by atoms with Crippen molar-refractivity contribution < 1.29 is 5.11 Å². The second-order valence-corrected chi connectivity index (χ2v) is 4.95. The summed E-state index contributed by atoms with van der Waals surface area (Å²) in [5.41, 5.74) is 0.616. The molecular weight excluding hydrogens is 348 g/mol. The summed E-state index contributed by atoms with van der Waals surface area (Å²) in [6, 6.07) is 9.07. The van der Waals surface area contributed by atoms with Crippen LogP contribution in [0.25, 0.3) is 0 Å². The third-order valence-corrected chi connectivity index (χ3v) is 3.42. The van der Waals surface area contributed by atoms with Gasteiger partial charge in [0.2, 0.25) is 0 Å². The van der Waals surface area contributed by atoms with E-state index in [9.17, 15) is 5.11 Å². The van der Waals surface area contributed by atoms with Crippen molar-refractivity contribution in [1.29, 1.82) is 0 Å². The van der Waals surface area contributed by atoms with Crippen LogP contribution in [0.1, 0.15) is 5.56 Å². The van der Waals surface area contributed by atoms with Crippen LogP contribution in [0.2, 0.25) is 0 Å². The predicted molar refractivity (Wildman–Crippen MR) is 75.0 cm³/mol. The van der Waals surface area contributed by atoms with Crippen LogP contribution in [0.4, 0.5) is 5.82 Å². The van der Waals surface area contributed by atoms with E-state index in [1.54, 1.807) is 24.5 Å². The Kier molecular flexibility index (Phi) is 3.91. The van der Waals surface area contributed by atoms with Gasteiger partial charge >= 0.3 is 0 Å². The minimum Gasteiger partial charge on any atom is -0.506 e. The number of aliphatic imine (C=N–C) groups is 1. The van der Waals surface area contributed by atoms with E-state index in [1.165, 1.54) is 0 Å². The smallest absolute Gasteiger partial charge is 0.151 e. The molecule has 0 aliphatic carbocycles. The Labute approximate surface area is 115 Å². The van der Waals surface area contributed by atoms with Crippen molar-refractivity contribution >= 4 is 43.9 Å². The molecule has 0 fully saturated rings. The molecule has 0 amide bonds. The lowest BCUT2D eigenvalue weighted by Crippen LogP contribution is -1.86. The Balaban J connectivity index is 2.37. The number of rotatable bonds is 2. The van der Waals surface area contributed by atoms with Gasteiger partial charge < -0.3 is 5.11 Å². The van der Waals surface area contributed by atoms with Crippen LogP contribution in [0, 0.1) is 0 Å². The first-order valence-electron chi connectivity index (χ1n) is 4.80. The number of hydrogen-bond donors (Lipinski definition) is 1. The van der Waals surface area contributed by atoms with E-state index in [2.05, 4.69) is 41.8 Å². The Morgan fingerprint density at radius 2 is 1.88 bits per heavy atom. The molecule has 2 aromatic rings. The van der Waals surface area contributed by atoms with Crippen molar-refractivity contribution in [2.24, 2.45) is 4.99 Å². The maximum atomic E-state index is 9.87. The molecule has 0 aliphatic rings. The highest BCUT2D eigenvalue weighted by molar-refractivity contribution is 9.11. The second kappa shape index (κ2) is 5.42. The van der Waals surface area contributed by atoms with E-state index in [0.29, 0.717) is 15.9 Å². The first-order chi connectivity index (χ1) is 8.18. The highest BCUT2D eigenvalue weighted by Crippen LogP contribution is 2.32. The molecule has 1 aromatic carbocycles. The second-order valence-electron chi connectivity index (χ2n) is 3.24. The molecule has 0 saturated heterocycles. The van der Waals surface area contributed by atoms with Crippen molar-refractivity contribution in [2.75, 3.05) is 0 Å². The van der Waals surface area contributed by atoms with E-state index in [4.69, 9.17) is 0 Å². The summed E-state index contributed by atoms with van der Waals surface area (Å²) in [6.07, 6.45) is 3.25. The lowest BCUT2D eigenvalue weighted by Gasteiger charge is -2.03. The van der Waals surface area contributed by atoms with Gasteiger partial charge in [0.1, 0.15) is 5.75 Å². The van der Waals surface area contributed by atoms with Crippen molar-refractivity contribution in [2.45, 2.75) is 0 Å². The Bertz CT molecular complexity index is 556. The van der Waals surface area contributed by atoms with Crippen LogP contribution in [0.15, 0.2) is 50.5 Å². The molecular formula is C12H8Br2N2O. The molecule has 0 aliphatic heterocycles. The van der Waals surface area contributed by atoms with Gasteiger partial charge in [0.25, 0.3) is 0 Å². The fourth-order valence-electron chi connectivity index (χ4n) is 1.24. The Morgan fingerprint density at radius 3 is 2.59 bits per heavy atom. The fraction of sp³-hybridized carbons (Fsp3) is 0. The third kappa shape index (κ3) is 2.92. The predicted octanol–water partition coefficient (Wildman–Crippen LogP) is 4.06. The normalized spacial score (nSPS) is 10.9. The molecule has 1 heterocycles. The molecule has 86 valence electrons. The van der Waals surface area contributed by atoms with Crippen molar-refractivity contribution in [3.63, 3.8) is 0 Å². The van der Waals surface area contributed by atoms with Gasteiger partial charge in [0.05, 0.1) is 10.0 Å². The van der Waals surface area contributed by atoms with Crippen molar-refractivity contribution in [3.05, 3.63) is 51.0 Å². The van der Waals surface area contributed by atoms with E-state index in [0.717, 1.165) is 4.47 Å². The minimum absolute atomic E-state index is 0.152. The van der Waals surface area contributed by atoms with Gasteiger partial charge in [0.15, 0.2) is 5.82 Å². The number of benzene rings is 1. The fourth-order valence-corrected chi connectivity index (χ4v) is 2.01. The zero-order valence-electron chi connectivity index (χ0n) is 8.64. The number of halogens is 2.